The van der Waals surface area contributed by atoms with Gasteiger partial charge in [-0.3, -0.25) is 9.59 Å². The molecule has 0 spiro atoms. The minimum Gasteiger partial charge on any atom is -0.379 e. The van der Waals surface area contributed by atoms with Crippen LogP contribution in [0.15, 0.2) is 58.6 Å². The average molecular weight is 430 g/mol. The van der Waals surface area contributed by atoms with E-state index in [1.807, 2.05) is 0 Å². The largest absolute Gasteiger partial charge is 0.379 e. The Bertz CT molecular complexity index is 1060. The first kappa shape index (κ1) is 20.5. The maximum atomic E-state index is 13.1. The molecule has 0 aromatic heterocycles. The number of fused-ring (bicyclic) bond motifs is 1. The smallest absolute Gasteiger partial charge is 0.250 e. The summed E-state index contributed by atoms with van der Waals surface area (Å²) in [6.07, 6.45) is 6.84. The van der Waals surface area contributed by atoms with Gasteiger partial charge in [0.2, 0.25) is 10.0 Å². The number of benzene rings is 1. The number of nitrogens with zero attached hydrogens (tertiary/aromatic N) is 3. The Balaban J connectivity index is 1.51. The molecule has 9 nitrogen and oxygen atoms in total. The number of carbonyl (C=O) groups excluding carboxylic acids is 2. The molecule has 3 aliphatic rings. The molecule has 2 amide bonds. The van der Waals surface area contributed by atoms with Gasteiger partial charge < -0.3 is 15.0 Å². The number of rotatable bonds is 4. The van der Waals surface area contributed by atoms with Crippen LogP contribution in [0, 0.1) is 0 Å². The minimum atomic E-state index is -3.61. The van der Waals surface area contributed by atoms with Gasteiger partial charge in [-0.15, -0.1) is 0 Å². The lowest BCUT2D eigenvalue weighted by Crippen LogP contribution is -2.58. The van der Waals surface area contributed by atoms with Crippen molar-refractivity contribution in [2.24, 2.45) is 4.99 Å². The van der Waals surface area contributed by atoms with E-state index in [1.165, 1.54) is 16.4 Å². The molecular weight excluding hydrogens is 408 g/mol. The topological polar surface area (TPSA) is 108 Å². The zero-order chi connectivity index (χ0) is 21.4. The van der Waals surface area contributed by atoms with Gasteiger partial charge in [0.25, 0.3) is 11.8 Å². The second-order valence-corrected chi connectivity index (χ2v) is 9.32. The first-order valence-corrected chi connectivity index (χ1v) is 11.0. The molecule has 1 aromatic rings. The molecule has 0 radical (unpaired) electrons. The number of sulfonamides is 1. The van der Waals surface area contributed by atoms with Crippen molar-refractivity contribution in [1.82, 2.24) is 9.21 Å². The van der Waals surface area contributed by atoms with Crippen LogP contribution < -0.4 is 5.32 Å². The number of aliphatic imine (C=N–C) groups is 1. The zero-order valence-corrected chi connectivity index (χ0v) is 17.3. The number of amidine groups is 1. The van der Waals surface area contributed by atoms with Crippen LogP contribution in [0.3, 0.4) is 0 Å². The quantitative estimate of drug-likeness (QED) is 0.767. The molecule has 0 aliphatic carbocycles. The molecule has 1 unspecified atom stereocenters. The van der Waals surface area contributed by atoms with Crippen molar-refractivity contribution in [1.29, 1.82) is 0 Å². The lowest BCUT2D eigenvalue weighted by atomic mass is 9.91. The zero-order valence-electron chi connectivity index (χ0n) is 16.4. The number of ether oxygens (including phenoxy) is 1. The average Bonchev–Trinajstić information content (AvgIpc) is 2.74. The van der Waals surface area contributed by atoms with E-state index in [0.29, 0.717) is 37.8 Å². The Kier molecular flexibility index (Phi) is 5.31. The third kappa shape index (κ3) is 3.69. The second-order valence-electron chi connectivity index (χ2n) is 7.38. The third-order valence-corrected chi connectivity index (χ3v) is 7.23. The molecule has 0 saturated carbocycles. The van der Waals surface area contributed by atoms with Crippen LogP contribution in [0.25, 0.3) is 0 Å². The van der Waals surface area contributed by atoms with Crippen LogP contribution in [-0.4, -0.2) is 67.1 Å². The fourth-order valence-electron chi connectivity index (χ4n) is 3.59. The molecular formula is C20H22N4O5S. The molecule has 0 bridgehead atoms. The van der Waals surface area contributed by atoms with Crippen molar-refractivity contribution < 1.29 is 22.7 Å². The summed E-state index contributed by atoms with van der Waals surface area (Å²) in [6, 6.07) is 6.01. The van der Waals surface area contributed by atoms with Crippen LogP contribution in [-0.2, 0) is 24.3 Å². The Morgan fingerprint density at radius 1 is 1.17 bits per heavy atom. The summed E-state index contributed by atoms with van der Waals surface area (Å²) >= 11 is 0. The van der Waals surface area contributed by atoms with Crippen LogP contribution in [0.1, 0.15) is 13.3 Å². The van der Waals surface area contributed by atoms with Crippen molar-refractivity contribution in [3.05, 3.63) is 48.7 Å². The standard InChI is InChI=1S/C20H22N4O5S/c1-20(14-18(25)22-17-4-2-3-9-24(17)20)19(26)21-15-5-7-16(8-6-15)30(27,28)23-10-12-29-13-11-23/h2-9H,10-14H2,1H3,(H,21,26). The van der Waals surface area contributed by atoms with Gasteiger partial charge in [0, 0.05) is 25.0 Å². The Hall–Kier alpha value is -2.82. The van der Waals surface area contributed by atoms with Crippen LogP contribution in [0.5, 0.6) is 0 Å². The van der Waals surface area contributed by atoms with Crippen molar-refractivity contribution in [3.63, 3.8) is 0 Å². The van der Waals surface area contributed by atoms with E-state index in [-0.39, 0.29) is 23.1 Å². The van der Waals surface area contributed by atoms with Crippen molar-refractivity contribution in [2.75, 3.05) is 31.6 Å². The molecule has 3 heterocycles. The van der Waals surface area contributed by atoms with E-state index >= 15 is 0 Å². The predicted molar refractivity (Wildman–Crippen MR) is 110 cm³/mol. The highest BCUT2D eigenvalue weighted by molar-refractivity contribution is 7.89. The van der Waals surface area contributed by atoms with Crippen molar-refractivity contribution in [3.8, 4) is 0 Å². The molecule has 3 aliphatic heterocycles. The number of morpholine rings is 1. The van der Waals surface area contributed by atoms with E-state index in [9.17, 15) is 18.0 Å². The third-order valence-electron chi connectivity index (χ3n) is 5.31. The lowest BCUT2D eigenvalue weighted by Gasteiger charge is -2.41. The number of allylic oxidation sites excluding steroid dienone is 2. The van der Waals surface area contributed by atoms with Crippen LogP contribution in [0.2, 0.25) is 0 Å². The van der Waals surface area contributed by atoms with E-state index in [2.05, 4.69) is 10.3 Å². The van der Waals surface area contributed by atoms with E-state index < -0.39 is 15.6 Å². The fourth-order valence-corrected chi connectivity index (χ4v) is 5.00. The molecule has 158 valence electrons. The van der Waals surface area contributed by atoms with Gasteiger partial charge >= 0.3 is 0 Å². The fraction of sp³-hybridized carbons (Fsp3) is 0.350. The Labute approximate surface area is 174 Å². The Morgan fingerprint density at radius 2 is 1.87 bits per heavy atom. The summed E-state index contributed by atoms with van der Waals surface area (Å²) in [5, 5.41) is 2.79. The lowest BCUT2D eigenvalue weighted by molar-refractivity contribution is -0.130. The highest BCUT2D eigenvalue weighted by atomic mass is 32.2. The Morgan fingerprint density at radius 3 is 2.57 bits per heavy atom. The van der Waals surface area contributed by atoms with Crippen LogP contribution >= 0.6 is 0 Å². The molecule has 1 fully saturated rings. The molecule has 4 rings (SSSR count). The van der Waals surface area contributed by atoms with Gasteiger partial charge in [-0.05, 0) is 43.3 Å². The molecule has 10 heteroatoms. The highest BCUT2D eigenvalue weighted by Crippen LogP contribution is 2.29. The summed E-state index contributed by atoms with van der Waals surface area (Å²) < 4.78 is 32.0. The van der Waals surface area contributed by atoms with Gasteiger partial charge in [0.05, 0.1) is 24.5 Å². The summed E-state index contributed by atoms with van der Waals surface area (Å²) in [4.78, 5) is 30.9. The number of hydrogen-bond acceptors (Lipinski definition) is 6. The van der Waals surface area contributed by atoms with Crippen LogP contribution in [0.4, 0.5) is 5.69 Å². The highest BCUT2D eigenvalue weighted by Gasteiger charge is 2.45. The minimum absolute atomic E-state index is 0.0655. The number of hydrogen-bond donors (Lipinski definition) is 1. The van der Waals surface area contributed by atoms with E-state index in [4.69, 9.17) is 4.74 Å². The summed E-state index contributed by atoms with van der Waals surface area (Å²) in [5.41, 5.74) is -0.705. The molecule has 1 atom stereocenters. The first-order valence-electron chi connectivity index (χ1n) is 9.56. The maximum absolute atomic E-state index is 13.1. The van der Waals surface area contributed by atoms with Gasteiger partial charge in [0.15, 0.2) is 0 Å². The maximum Gasteiger partial charge on any atom is 0.250 e. The van der Waals surface area contributed by atoms with E-state index in [1.54, 1.807) is 48.4 Å². The number of nitrogens with one attached hydrogen (secondary N) is 1. The summed E-state index contributed by atoms with van der Waals surface area (Å²) in [6.45, 7) is 3.05. The number of amides is 2. The van der Waals surface area contributed by atoms with E-state index in [0.717, 1.165) is 0 Å². The predicted octanol–water partition coefficient (Wildman–Crippen LogP) is 1.12. The summed E-state index contributed by atoms with van der Waals surface area (Å²) in [7, 11) is -3.61. The van der Waals surface area contributed by atoms with Gasteiger partial charge in [-0.1, -0.05) is 6.08 Å². The normalized spacial score (nSPS) is 24.4. The monoisotopic (exact) mass is 430 g/mol. The number of carbonyl (C=O) groups is 2. The molecule has 30 heavy (non-hydrogen) atoms. The number of anilines is 1. The second kappa shape index (κ2) is 7.78. The molecule has 1 N–H and O–H groups in total. The SMILES string of the molecule is CC1(C(=O)Nc2ccc(S(=O)(=O)N3CCOCC3)cc2)CC(=O)N=C2C=CC=CN21. The summed E-state index contributed by atoms with van der Waals surface area (Å²) in [5.74, 6) is -0.337. The molecule has 1 saturated heterocycles. The van der Waals surface area contributed by atoms with Crippen molar-refractivity contribution >= 4 is 33.4 Å². The van der Waals surface area contributed by atoms with Gasteiger partial charge in [-0.2, -0.15) is 9.30 Å². The van der Waals surface area contributed by atoms with Gasteiger partial charge in [0.1, 0.15) is 11.4 Å². The molecule has 1 aromatic carbocycles. The first-order chi connectivity index (χ1) is 14.3. The van der Waals surface area contributed by atoms with Gasteiger partial charge in [-0.25, -0.2) is 8.42 Å². The van der Waals surface area contributed by atoms with Crippen molar-refractivity contribution in [2.45, 2.75) is 23.8 Å².